The third-order valence-electron chi connectivity index (χ3n) is 5.15. The van der Waals surface area contributed by atoms with E-state index in [9.17, 15) is 5.26 Å². The summed E-state index contributed by atoms with van der Waals surface area (Å²) in [5, 5.41) is 13.6. The van der Waals surface area contributed by atoms with Crippen molar-refractivity contribution in [3.8, 4) is 11.8 Å². The number of ether oxygens (including phenoxy) is 1. The van der Waals surface area contributed by atoms with E-state index >= 15 is 0 Å². The average Bonchev–Trinajstić information content (AvgIpc) is 2.74. The van der Waals surface area contributed by atoms with Crippen molar-refractivity contribution in [2.24, 2.45) is 0 Å². The van der Waals surface area contributed by atoms with Gasteiger partial charge in [0, 0.05) is 24.2 Å². The molecule has 3 aromatic rings. The molecular formula is C22H23N5O. The van der Waals surface area contributed by atoms with Crippen LogP contribution in [0.2, 0.25) is 0 Å². The number of rotatable bonds is 4. The summed E-state index contributed by atoms with van der Waals surface area (Å²) in [6.45, 7) is 3.91. The van der Waals surface area contributed by atoms with Crippen LogP contribution >= 0.6 is 0 Å². The van der Waals surface area contributed by atoms with Gasteiger partial charge in [0.1, 0.15) is 11.6 Å². The molecule has 0 aliphatic carbocycles. The van der Waals surface area contributed by atoms with Crippen molar-refractivity contribution < 1.29 is 4.74 Å². The van der Waals surface area contributed by atoms with Crippen LogP contribution in [0.15, 0.2) is 36.4 Å². The lowest BCUT2D eigenvalue weighted by Gasteiger charge is -2.29. The van der Waals surface area contributed by atoms with Crippen molar-refractivity contribution in [3.63, 3.8) is 0 Å². The first-order chi connectivity index (χ1) is 13.7. The van der Waals surface area contributed by atoms with Crippen molar-refractivity contribution in [3.05, 3.63) is 47.5 Å². The van der Waals surface area contributed by atoms with E-state index in [0.717, 1.165) is 46.8 Å². The number of nitrogens with one attached hydrogen (secondary N) is 1. The van der Waals surface area contributed by atoms with Crippen molar-refractivity contribution in [1.82, 2.24) is 9.97 Å². The van der Waals surface area contributed by atoms with E-state index in [4.69, 9.17) is 14.7 Å². The number of fused-ring (bicyclic) bond motifs is 1. The summed E-state index contributed by atoms with van der Waals surface area (Å²) in [5.74, 6) is 2.26. The molecule has 4 rings (SSSR count). The standard InChI is InChI=1S/C22H23N5O/c1-15-6-7-17(12-16(15)14-23)24-22-25-20-9-8-18(28-2)13-19(20)21(26-22)27-10-4-3-5-11-27/h6-9,12-13H,3-5,10-11H2,1-2H3,(H,24,25,26). The summed E-state index contributed by atoms with van der Waals surface area (Å²) in [4.78, 5) is 11.9. The van der Waals surface area contributed by atoms with Gasteiger partial charge in [0.2, 0.25) is 5.95 Å². The van der Waals surface area contributed by atoms with Crippen molar-refractivity contribution in [2.45, 2.75) is 26.2 Å². The Labute approximate surface area is 164 Å². The highest BCUT2D eigenvalue weighted by atomic mass is 16.5. The van der Waals surface area contributed by atoms with Crippen LogP contribution in [0, 0.1) is 18.3 Å². The molecule has 6 nitrogen and oxygen atoms in total. The normalized spacial score (nSPS) is 14.0. The van der Waals surface area contributed by atoms with E-state index < -0.39 is 0 Å². The van der Waals surface area contributed by atoms with Crippen LogP contribution in [0.3, 0.4) is 0 Å². The van der Waals surface area contributed by atoms with Gasteiger partial charge >= 0.3 is 0 Å². The molecule has 0 bridgehead atoms. The molecule has 6 heteroatoms. The molecule has 1 fully saturated rings. The van der Waals surface area contributed by atoms with Crippen LogP contribution in [0.25, 0.3) is 10.9 Å². The Hall–Kier alpha value is -3.33. The second kappa shape index (κ2) is 7.73. The first-order valence-corrected chi connectivity index (χ1v) is 9.56. The van der Waals surface area contributed by atoms with Crippen molar-refractivity contribution in [2.75, 3.05) is 30.4 Å². The maximum atomic E-state index is 9.29. The van der Waals surface area contributed by atoms with Gasteiger partial charge in [0.15, 0.2) is 0 Å². The number of nitrogens with zero attached hydrogens (tertiary/aromatic N) is 4. The molecule has 0 atom stereocenters. The topological polar surface area (TPSA) is 74.1 Å². The molecule has 2 heterocycles. The van der Waals surface area contributed by atoms with Gasteiger partial charge in [0.05, 0.1) is 24.3 Å². The Morgan fingerprint density at radius 1 is 1.07 bits per heavy atom. The van der Waals surface area contributed by atoms with Crippen LogP contribution in [-0.4, -0.2) is 30.2 Å². The fourth-order valence-electron chi connectivity index (χ4n) is 3.57. The van der Waals surface area contributed by atoms with Gasteiger partial charge in [0.25, 0.3) is 0 Å². The molecule has 1 N–H and O–H groups in total. The number of hydrogen-bond donors (Lipinski definition) is 1. The number of piperidine rings is 1. The largest absolute Gasteiger partial charge is 0.497 e. The van der Waals surface area contributed by atoms with Gasteiger partial charge in [-0.3, -0.25) is 0 Å². The maximum Gasteiger partial charge on any atom is 0.229 e. The highest BCUT2D eigenvalue weighted by Gasteiger charge is 2.18. The van der Waals surface area contributed by atoms with E-state index in [-0.39, 0.29) is 0 Å². The Morgan fingerprint density at radius 2 is 1.89 bits per heavy atom. The SMILES string of the molecule is COc1ccc2nc(Nc3ccc(C)c(C#N)c3)nc(N3CCCCC3)c2c1. The monoisotopic (exact) mass is 373 g/mol. The molecule has 0 unspecified atom stereocenters. The molecule has 142 valence electrons. The van der Waals surface area contributed by atoms with Gasteiger partial charge in [-0.15, -0.1) is 0 Å². The van der Waals surface area contributed by atoms with E-state index in [1.807, 2.05) is 43.3 Å². The molecule has 28 heavy (non-hydrogen) atoms. The number of anilines is 3. The van der Waals surface area contributed by atoms with Crippen LogP contribution in [0.4, 0.5) is 17.5 Å². The maximum absolute atomic E-state index is 9.29. The molecule has 0 saturated carbocycles. The molecule has 1 aliphatic rings. The van der Waals surface area contributed by atoms with Gasteiger partial charge < -0.3 is 15.0 Å². The number of hydrogen-bond acceptors (Lipinski definition) is 6. The third kappa shape index (κ3) is 3.56. The zero-order chi connectivity index (χ0) is 19.5. The summed E-state index contributed by atoms with van der Waals surface area (Å²) < 4.78 is 5.41. The van der Waals surface area contributed by atoms with Crippen LogP contribution in [0.1, 0.15) is 30.4 Å². The first-order valence-electron chi connectivity index (χ1n) is 9.56. The Balaban J connectivity index is 1.77. The second-order valence-electron chi connectivity index (χ2n) is 7.07. The zero-order valence-electron chi connectivity index (χ0n) is 16.2. The fourth-order valence-corrected chi connectivity index (χ4v) is 3.57. The van der Waals surface area contributed by atoms with E-state index in [1.54, 1.807) is 7.11 Å². The number of benzene rings is 2. The van der Waals surface area contributed by atoms with Gasteiger partial charge in [-0.25, -0.2) is 4.98 Å². The highest BCUT2D eigenvalue weighted by molar-refractivity contribution is 5.92. The van der Waals surface area contributed by atoms with E-state index in [0.29, 0.717) is 11.5 Å². The van der Waals surface area contributed by atoms with Crippen LogP contribution in [-0.2, 0) is 0 Å². The Bertz CT molecular complexity index is 1050. The summed E-state index contributed by atoms with van der Waals surface area (Å²) in [6.07, 6.45) is 3.59. The minimum absolute atomic E-state index is 0.533. The van der Waals surface area contributed by atoms with Crippen molar-refractivity contribution >= 4 is 28.4 Å². The van der Waals surface area contributed by atoms with E-state index in [1.165, 1.54) is 19.3 Å². The predicted octanol–water partition coefficient (Wildman–Crippen LogP) is 4.55. The number of aromatic nitrogens is 2. The molecule has 2 aromatic carbocycles. The smallest absolute Gasteiger partial charge is 0.229 e. The molecule has 1 aliphatic heterocycles. The quantitative estimate of drug-likeness (QED) is 0.723. The summed E-state index contributed by atoms with van der Waals surface area (Å²) >= 11 is 0. The van der Waals surface area contributed by atoms with Crippen LogP contribution < -0.4 is 15.0 Å². The number of aryl methyl sites for hydroxylation is 1. The third-order valence-corrected chi connectivity index (χ3v) is 5.15. The number of methoxy groups -OCH3 is 1. The lowest BCUT2D eigenvalue weighted by Crippen LogP contribution is -2.30. The molecule has 0 amide bonds. The van der Waals surface area contributed by atoms with Gasteiger partial charge in [-0.05, 0) is 62.1 Å². The molecule has 0 radical (unpaired) electrons. The summed E-state index contributed by atoms with van der Waals surface area (Å²) in [7, 11) is 1.67. The van der Waals surface area contributed by atoms with Gasteiger partial charge in [-0.1, -0.05) is 6.07 Å². The Morgan fingerprint density at radius 3 is 2.64 bits per heavy atom. The van der Waals surface area contributed by atoms with Gasteiger partial charge in [-0.2, -0.15) is 10.2 Å². The first kappa shape index (κ1) is 18.1. The van der Waals surface area contributed by atoms with Crippen LogP contribution in [0.5, 0.6) is 5.75 Å². The average molecular weight is 373 g/mol. The van der Waals surface area contributed by atoms with Crippen molar-refractivity contribution in [1.29, 1.82) is 5.26 Å². The molecular weight excluding hydrogens is 350 g/mol. The Kier molecular flexibility index (Phi) is 4.98. The second-order valence-corrected chi connectivity index (χ2v) is 7.07. The molecule has 0 spiro atoms. The molecule has 1 saturated heterocycles. The number of nitriles is 1. The summed E-state index contributed by atoms with van der Waals surface area (Å²) in [5.41, 5.74) is 3.27. The summed E-state index contributed by atoms with van der Waals surface area (Å²) in [6, 6.07) is 13.8. The predicted molar refractivity (Wildman–Crippen MR) is 111 cm³/mol. The lowest BCUT2D eigenvalue weighted by molar-refractivity contribution is 0.415. The zero-order valence-corrected chi connectivity index (χ0v) is 16.2. The molecule has 1 aromatic heterocycles. The minimum atomic E-state index is 0.533. The fraction of sp³-hybridized carbons (Fsp3) is 0.318. The minimum Gasteiger partial charge on any atom is -0.497 e. The highest BCUT2D eigenvalue weighted by Crippen LogP contribution is 2.31. The lowest BCUT2D eigenvalue weighted by atomic mass is 10.1. The van der Waals surface area contributed by atoms with E-state index in [2.05, 4.69) is 16.3 Å².